The number of hydrogen-bond acceptors (Lipinski definition) is 3. The van der Waals surface area contributed by atoms with Crippen LogP contribution >= 0.6 is 0 Å². The molecule has 24 heavy (non-hydrogen) atoms. The van der Waals surface area contributed by atoms with Gasteiger partial charge in [-0.15, -0.1) is 0 Å². The van der Waals surface area contributed by atoms with Crippen molar-refractivity contribution in [1.29, 1.82) is 0 Å². The van der Waals surface area contributed by atoms with Crippen molar-refractivity contribution in [1.82, 2.24) is 10.6 Å². The Morgan fingerprint density at radius 1 is 1.00 bits per heavy atom. The molecule has 0 bridgehead atoms. The Morgan fingerprint density at radius 3 is 2.17 bits per heavy atom. The highest BCUT2D eigenvalue weighted by Gasteiger charge is 2.22. The van der Waals surface area contributed by atoms with Gasteiger partial charge in [0.15, 0.2) is 0 Å². The maximum atomic E-state index is 11.8. The molecule has 0 aromatic heterocycles. The molecule has 0 heterocycles. The van der Waals surface area contributed by atoms with Crippen LogP contribution in [0.2, 0.25) is 0 Å². The molecule has 0 fully saturated rings. The number of rotatable bonds is 4. The smallest absolute Gasteiger partial charge is 0.407 e. The second-order valence-corrected chi connectivity index (χ2v) is 7.32. The maximum absolute atomic E-state index is 11.8. The van der Waals surface area contributed by atoms with Gasteiger partial charge >= 0.3 is 6.09 Å². The van der Waals surface area contributed by atoms with Crippen molar-refractivity contribution in [2.45, 2.75) is 40.2 Å². The topological polar surface area (TPSA) is 67.4 Å². The lowest BCUT2D eigenvalue weighted by Crippen LogP contribution is -2.43. The van der Waals surface area contributed by atoms with Crippen molar-refractivity contribution in [2.75, 3.05) is 13.1 Å². The van der Waals surface area contributed by atoms with E-state index in [1.165, 1.54) is 0 Å². The van der Waals surface area contributed by atoms with Crippen LogP contribution in [0.1, 0.15) is 40.2 Å². The third kappa shape index (κ3) is 8.84. The summed E-state index contributed by atoms with van der Waals surface area (Å²) in [4.78, 5) is 23.5. The monoisotopic (exact) mass is 330 g/mol. The van der Waals surface area contributed by atoms with Gasteiger partial charge in [-0.2, -0.15) is 0 Å². The van der Waals surface area contributed by atoms with Gasteiger partial charge in [-0.25, -0.2) is 4.79 Å². The molecular formula is C19H26N2O3. The molecule has 1 aromatic carbocycles. The highest BCUT2D eigenvalue weighted by Crippen LogP contribution is 2.12. The van der Waals surface area contributed by atoms with E-state index < -0.39 is 11.7 Å². The molecule has 0 saturated carbocycles. The van der Waals surface area contributed by atoms with Crippen molar-refractivity contribution < 1.29 is 14.3 Å². The number of amides is 2. The van der Waals surface area contributed by atoms with Gasteiger partial charge in [0.25, 0.3) is 5.91 Å². The normalized spacial score (nSPS) is 11.0. The van der Waals surface area contributed by atoms with Crippen molar-refractivity contribution in [3.63, 3.8) is 0 Å². The van der Waals surface area contributed by atoms with Gasteiger partial charge in [0.2, 0.25) is 0 Å². The van der Waals surface area contributed by atoms with Gasteiger partial charge in [-0.3, -0.25) is 4.79 Å². The highest BCUT2D eigenvalue weighted by atomic mass is 16.6. The molecule has 1 rings (SSSR count). The highest BCUT2D eigenvalue weighted by molar-refractivity contribution is 5.94. The third-order valence-corrected chi connectivity index (χ3v) is 2.93. The van der Waals surface area contributed by atoms with Crippen molar-refractivity contribution in [2.24, 2.45) is 5.41 Å². The van der Waals surface area contributed by atoms with Crippen LogP contribution in [0.15, 0.2) is 30.3 Å². The summed E-state index contributed by atoms with van der Waals surface area (Å²) in [5.74, 6) is 5.02. The van der Waals surface area contributed by atoms with Crippen LogP contribution in [0.25, 0.3) is 0 Å². The molecule has 0 atom stereocenters. The quantitative estimate of drug-likeness (QED) is 0.834. The van der Waals surface area contributed by atoms with Gasteiger partial charge in [0.05, 0.1) is 0 Å². The molecule has 0 saturated heterocycles. The molecule has 2 N–H and O–H groups in total. The van der Waals surface area contributed by atoms with E-state index in [-0.39, 0.29) is 11.3 Å². The first-order valence-corrected chi connectivity index (χ1v) is 7.89. The minimum absolute atomic E-state index is 0.318. The number of benzene rings is 1. The zero-order valence-electron chi connectivity index (χ0n) is 15.0. The lowest BCUT2D eigenvalue weighted by atomic mass is 9.93. The number of alkyl carbamates (subject to hydrolysis) is 1. The molecule has 0 aliphatic rings. The van der Waals surface area contributed by atoms with E-state index in [0.29, 0.717) is 13.1 Å². The first kappa shape index (κ1) is 19.6. The lowest BCUT2D eigenvalue weighted by molar-refractivity contribution is -0.116. The summed E-state index contributed by atoms with van der Waals surface area (Å²) in [6.07, 6.45) is -0.467. The van der Waals surface area contributed by atoms with Gasteiger partial charge in [0, 0.05) is 24.6 Å². The van der Waals surface area contributed by atoms with Crippen LogP contribution in [0.4, 0.5) is 4.79 Å². The predicted octanol–water partition coefficient (Wildman–Crippen LogP) is 2.71. The van der Waals surface area contributed by atoms with Gasteiger partial charge in [0.1, 0.15) is 5.60 Å². The molecule has 0 spiro atoms. The van der Waals surface area contributed by atoms with E-state index in [2.05, 4.69) is 22.5 Å². The first-order valence-electron chi connectivity index (χ1n) is 7.89. The number of hydrogen-bond donors (Lipinski definition) is 2. The average molecular weight is 330 g/mol. The maximum Gasteiger partial charge on any atom is 0.407 e. The summed E-state index contributed by atoms with van der Waals surface area (Å²) in [6.45, 7) is 10.1. The zero-order chi connectivity index (χ0) is 18.2. The minimum atomic E-state index is -0.532. The number of carbonyl (C=O) groups excluding carboxylic acids is 2. The molecule has 130 valence electrons. The van der Waals surface area contributed by atoms with Gasteiger partial charge < -0.3 is 15.4 Å². The predicted molar refractivity (Wildman–Crippen MR) is 94.3 cm³/mol. The zero-order valence-corrected chi connectivity index (χ0v) is 15.0. The summed E-state index contributed by atoms with van der Waals surface area (Å²) < 4.78 is 5.19. The van der Waals surface area contributed by atoms with Crippen LogP contribution in [0.5, 0.6) is 0 Å². The summed E-state index contributed by atoms with van der Waals surface area (Å²) in [6, 6.07) is 9.32. The van der Waals surface area contributed by atoms with Crippen LogP contribution < -0.4 is 10.6 Å². The molecule has 0 aliphatic carbocycles. The molecule has 1 aromatic rings. The van der Waals surface area contributed by atoms with E-state index in [9.17, 15) is 9.59 Å². The Kier molecular flexibility index (Phi) is 6.84. The van der Waals surface area contributed by atoms with Crippen LogP contribution in [-0.4, -0.2) is 30.7 Å². The van der Waals surface area contributed by atoms with Crippen LogP contribution in [0, 0.1) is 17.3 Å². The molecule has 2 amide bonds. The summed E-state index contributed by atoms with van der Waals surface area (Å²) >= 11 is 0. The third-order valence-electron chi connectivity index (χ3n) is 2.93. The van der Waals surface area contributed by atoms with Crippen molar-refractivity contribution >= 4 is 12.0 Å². The molecule has 0 aliphatic heterocycles. The fourth-order valence-corrected chi connectivity index (χ4v) is 1.70. The van der Waals surface area contributed by atoms with E-state index in [1.54, 1.807) is 0 Å². The van der Waals surface area contributed by atoms with Gasteiger partial charge in [-0.05, 0) is 38.3 Å². The van der Waals surface area contributed by atoms with E-state index in [1.807, 2.05) is 65.0 Å². The lowest BCUT2D eigenvalue weighted by Gasteiger charge is -2.26. The van der Waals surface area contributed by atoms with Crippen LogP contribution in [-0.2, 0) is 9.53 Å². The fourth-order valence-electron chi connectivity index (χ4n) is 1.70. The fraction of sp³-hybridized carbons (Fsp3) is 0.474. The Morgan fingerprint density at radius 2 is 1.58 bits per heavy atom. The summed E-state index contributed by atoms with van der Waals surface area (Å²) in [7, 11) is 0. The Hall–Kier alpha value is -2.48. The number of nitrogens with one attached hydrogen (secondary N) is 2. The molecule has 5 heteroatoms. The molecule has 0 unspecified atom stereocenters. The van der Waals surface area contributed by atoms with E-state index >= 15 is 0 Å². The minimum Gasteiger partial charge on any atom is -0.444 e. The van der Waals surface area contributed by atoms with Crippen LogP contribution in [0.3, 0.4) is 0 Å². The molecular weight excluding hydrogens is 304 g/mol. The molecule has 5 nitrogen and oxygen atoms in total. The van der Waals surface area contributed by atoms with Gasteiger partial charge in [-0.1, -0.05) is 38.0 Å². The largest absolute Gasteiger partial charge is 0.444 e. The van der Waals surface area contributed by atoms with E-state index in [0.717, 1.165) is 5.56 Å². The average Bonchev–Trinajstić information content (AvgIpc) is 2.49. The Bertz CT molecular complexity index is 619. The first-order chi connectivity index (χ1) is 11.1. The van der Waals surface area contributed by atoms with E-state index in [4.69, 9.17) is 4.74 Å². The number of carbonyl (C=O) groups is 2. The number of ether oxygens (including phenoxy) is 1. The SMILES string of the molecule is CC(C)(CNC(=O)C#Cc1ccccc1)CNC(=O)OC(C)(C)C. The Labute approximate surface area is 144 Å². The standard InChI is InChI=1S/C19H26N2O3/c1-18(2,3)24-17(23)21-14-19(4,5)13-20-16(22)12-11-15-9-7-6-8-10-15/h6-10H,13-14H2,1-5H3,(H,20,22)(H,21,23). The Balaban J connectivity index is 2.40. The second kappa shape index (κ2) is 8.39. The summed E-state index contributed by atoms with van der Waals surface area (Å²) in [5.41, 5.74) is -0.0605. The van der Waals surface area contributed by atoms with Crippen molar-refractivity contribution in [3.8, 4) is 11.8 Å². The summed E-state index contributed by atoms with van der Waals surface area (Å²) in [5, 5.41) is 5.47. The second-order valence-electron chi connectivity index (χ2n) is 7.32. The van der Waals surface area contributed by atoms with Crippen molar-refractivity contribution in [3.05, 3.63) is 35.9 Å². The molecule has 0 radical (unpaired) electrons.